The summed E-state index contributed by atoms with van der Waals surface area (Å²) in [4.78, 5) is 10.8. The summed E-state index contributed by atoms with van der Waals surface area (Å²) in [6.07, 6.45) is 1.27. The van der Waals surface area contributed by atoms with E-state index in [1.165, 1.54) is 0 Å². The Labute approximate surface area is 65.5 Å². The zero-order valence-corrected chi connectivity index (χ0v) is 6.59. The highest BCUT2D eigenvalue weighted by Gasteiger charge is 2.43. The first-order chi connectivity index (χ1) is 5.22. The lowest BCUT2D eigenvalue weighted by atomic mass is 10.3. The molecular weight excluding hydrogens is 146 g/mol. The molecule has 1 saturated carbocycles. The quantitative estimate of drug-likeness (QED) is 0.621. The van der Waals surface area contributed by atoms with Crippen molar-refractivity contribution in [1.29, 1.82) is 0 Å². The second-order valence-corrected chi connectivity index (χ2v) is 2.78. The van der Waals surface area contributed by atoms with Crippen LogP contribution in [0.3, 0.4) is 0 Å². The number of aliphatic hydroxyl groups is 1. The van der Waals surface area contributed by atoms with Gasteiger partial charge in [-0.05, 0) is 19.8 Å². The van der Waals surface area contributed by atoms with Crippen LogP contribution < -0.4 is 5.32 Å². The molecule has 0 aliphatic heterocycles. The number of hydrogen-bond acceptors (Lipinski definition) is 3. The summed E-state index contributed by atoms with van der Waals surface area (Å²) < 4.78 is 4.66. The van der Waals surface area contributed by atoms with E-state index < -0.39 is 6.09 Å². The average Bonchev–Trinajstić information content (AvgIpc) is 2.70. The Hall–Kier alpha value is -0.770. The number of carbonyl (C=O) groups is 1. The van der Waals surface area contributed by atoms with Crippen LogP contribution in [0.2, 0.25) is 0 Å². The van der Waals surface area contributed by atoms with Crippen molar-refractivity contribution in [3.63, 3.8) is 0 Å². The van der Waals surface area contributed by atoms with E-state index in [1.807, 2.05) is 0 Å². The van der Waals surface area contributed by atoms with E-state index in [1.54, 1.807) is 6.92 Å². The van der Waals surface area contributed by atoms with Crippen LogP contribution in [0.4, 0.5) is 4.79 Å². The van der Waals surface area contributed by atoms with Crippen molar-refractivity contribution in [1.82, 2.24) is 5.32 Å². The van der Waals surface area contributed by atoms with Crippen molar-refractivity contribution in [3.05, 3.63) is 0 Å². The molecule has 1 fully saturated rings. The third kappa shape index (κ3) is 2.08. The summed E-state index contributed by atoms with van der Waals surface area (Å²) in [6.45, 7) is 2.12. The fourth-order valence-electron chi connectivity index (χ4n) is 0.857. The lowest BCUT2D eigenvalue weighted by Crippen LogP contribution is -2.39. The molecule has 11 heavy (non-hydrogen) atoms. The minimum atomic E-state index is -0.431. The monoisotopic (exact) mass is 159 g/mol. The van der Waals surface area contributed by atoms with Crippen LogP contribution in [-0.2, 0) is 4.74 Å². The van der Waals surface area contributed by atoms with Crippen LogP contribution in [0.15, 0.2) is 0 Å². The molecule has 4 heteroatoms. The van der Waals surface area contributed by atoms with Crippen LogP contribution in [0.25, 0.3) is 0 Å². The van der Waals surface area contributed by atoms with Crippen molar-refractivity contribution in [2.24, 2.45) is 0 Å². The number of hydrogen-bond donors (Lipinski definition) is 2. The van der Waals surface area contributed by atoms with Crippen LogP contribution in [-0.4, -0.2) is 30.0 Å². The second-order valence-electron chi connectivity index (χ2n) is 2.78. The van der Waals surface area contributed by atoms with Gasteiger partial charge in [-0.3, -0.25) is 0 Å². The maximum absolute atomic E-state index is 10.8. The van der Waals surface area contributed by atoms with E-state index in [0.717, 1.165) is 12.8 Å². The number of amides is 1. The summed E-state index contributed by atoms with van der Waals surface area (Å²) in [5, 5.41) is 11.4. The number of carbonyl (C=O) groups excluding carboxylic acids is 1. The molecule has 0 heterocycles. The predicted molar refractivity (Wildman–Crippen MR) is 39.2 cm³/mol. The van der Waals surface area contributed by atoms with Gasteiger partial charge in [0.2, 0.25) is 0 Å². The van der Waals surface area contributed by atoms with Crippen molar-refractivity contribution in [3.8, 4) is 0 Å². The minimum absolute atomic E-state index is 0.00577. The Morgan fingerprint density at radius 1 is 1.73 bits per heavy atom. The van der Waals surface area contributed by atoms with Gasteiger partial charge in [0.25, 0.3) is 0 Å². The van der Waals surface area contributed by atoms with Crippen LogP contribution >= 0.6 is 0 Å². The van der Waals surface area contributed by atoms with Gasteiger partial charge in [0.15, 0.2) is 0 Å². The highest BCUT2D eigenvalue weighted by atomic mass is 16.5. The SMILES string of the molecule is CCOC(=O)NC1(CO)CC1. The number of rotatable bonds is 3. The zero-order chi connectivity index (χ0) is 8.32. The summed E-state index contributed by atoms with van der Waals surface area (Å²) in [7, 11) is 0. The van der Waals surface area contributed by atoms with E-state index in [4.69, 9.17) is 5.11 Å². The lowest BCUT2D eigenvalue weighted by Gasteiger charge is -2.12. The molecule has 0 atom stereocenters. The highest BCUT2D eigenvalue weighted by Crippen LogP contribution is 2.34. The van der Waals surface area contributed by atoms with Gasteiger partial charge in [-0.25, -0.2) is 4.79 Å². The van der Waals surface area contributed by atoms with Gasteiger partial charge in [0.1, 0.15) is 0 Å². The van der Waals surface area contributed by atoms with E-state index in [0.29, 0.717) is 6.61 Å². The Balaban J connectivity index is 2.24. The fraction of sp³-hybridized carbons (Fsp3) is 0.857. The van der Waals surface area contributed by atoms with Gasteiger partial charge in [-0.1, -0.05) is 0 Å². The molecule has 0 aromatic heterocycles. The molecule has 0 aromatic carbocycles. The Bertz CT molecular complexity index is 154. The standard InChI is InChI=1S/C7H13NO3/c1-2-11-6(10)8-7(5-9)3-4-7/h9H,2-5H2,1H3,(H,8,10). The lowest BCUT2D eigenvalue weighted by molar-refractivity contribution is 0.137. The maximum Gasteiger partial charge on any atom is 0.407 e. The molecule has 1 amide bonds. The summed E-state index contributed by atoms with van der Waals surface area (Å²) in [5.74, 6) is 0. The van der Waals surface area contributed by atoms with Crippen LogP contribution in [0.5, 0.6) is 0 Å². The average molecular weight is 159 g/mol. The van der Waals surface area contributed by atoms with Gasteiger partial charge in [-0.15, -0.1) is 0 Å². The molecule has 0 saturated heterocycles. The molecular formula is C7H13NO3. The van der Waals surface area contributed by atoms with Gasteiger partial charge in [0.05, 0.1) is 18.8 Å². The molecule has 1 rings (SSSR count). The molecule has 64 valence electrons. The summed E-state index contributed by atoms with van der Waals surface area (Å²) >= 11 is 0. The predicted octanol–water partition coefficient (Wildman–Crippen LogP) is 0.257. The van der Waals surface area contributed by atoms with Crippen molar-refractivity contribution in [2.75, 3.05) is 13.2 Å². The van der Waals surface area contributed by atoms with Gasteiger partial charge >= 0.3 is 6.09 Å². The molecule has 0 bridgehead atoms. The normalized spacial score (nSPS) is 19.1. The molecule has 0 unspecified atom stereocenters. The second kappa shape index (κ2) is 3.09. The third-order valence-electron chi connectivity index (χ3n) is 1.80. The first-order valence-electron chi connectivity index (χ1n) is 3.78. The van der Waals surface area contributed by atoms with Crippen molar-refractivity contribution < 1.29 is 14.6 Å². The summed E-state index contributed by atoms with van der Waals surface area (Å²) in [6, 6.07) is 0. The smallest absolute Gasteiger partial charge is 0.407 e. The molecule has 1 aliphatic carbocycles. The van der Waals surface area contributed by atoms with E-state index >= 15 is 0 Å². The molecule has 0 aromatic rings. The molecule has 0 radical (unpaired) electrons. The topological polar surface area (TPSA) is 58.6 Å². The van der Waals surface area contributed by atoms with Gasteiger partial charge in [0, 0.05) is 0 Å². The van der Waals surface area contributed by atoms with Gasteiger partial charge < -0.3 is 15.2 Å². The first-order valence-corrected chi connectivity index (χ1v) is 3.78. The number of aliphatic hydroxyl groups excluding tert-OH is 1. The minimum Gasteiger partial charge on any atom is -0.450 e. The zero-order valence-electron chi connectivity index (χ0n) is 6.59. The fourth-order valence-corrected chi connectivity index (χ4v) is 0.857. The third-order valence-corrected chi connectivity index (χ3v) is 1.80. The molecule has 1 aliphatic rings. The van der Waals surface area contributed by atoms with E-state index in [2.05, 4.69) is 10.1 Å². The molecule has 4 nitrogen and oxygen atoms in total. The van der Waals surface area contributed by atoms with Crippen molar-refractivity contribution in [2.45, 2.75) is 25.3 Å². The van der Waals surface area contributed by atoms with Crippen LogP contribution in [0.1, 0.15) is 19.8 Å². The molecule has 0 spiro atoms. The maximum atomic E-state index is 10.8. The summed E-state index contributed by atoms with van der Waals surface area (Å²) in [5.41, 5.74) is -0.355. The van der Waals surface area contributed by atoms with E-state index in [-0.39, 0.29) is 12.1 Å². The number of alkyl carbamates (subject to hydrolysis) is 1. The number of nitrogens with one attached hydrogen (secondary N) is 1. The van der Waals surface area contributed by atoms with Crippen molar-refractivity contribution >= 4 is 6.09 Å². The van der Waals surface area contributed by atoms with Gasteiger partial charge in [-0.2, -0.15) is 0 Å². The highest BCUT2D eigenvalue weighted by molar-refractivity contribution is 5.68. The van der Waals surface area contributed by atoms with E-state index in [9.17, 15) is 4.79 Å². The Morgan fingerprint density at radius 3 is 2.73 bits per heavy atom. The Kier molecular flexibility index (Phi) is 2.34. The largest absolute Gasteiger partial charge is 0.450 e. The molecule has 2 N–H and O–H groups in total. The van der Waals surface area contributed by atoms with Crippen LogP contribution in [0, 0.1) is 0 Å². The number of ether oxygens (including phenoxy) is 1. The Morgan fingerprint density at radius 2 is 2.36 bits per heavy atom. The first kappa shape index (κ1) is 8.33.